The quantitative estimate of drug-likeness (QED) is 0.398. The van der Waals surface area contributed by atoms with Crippen LogP contribution in [0.4, 0.5) is 5.69 Å². The SMILES string of the molecule is C.CC.CC(C)CC1=C(c2ccc(Cl)c(Cl)c2)N=C(Nc2cccc(C=O)c2)[B]1. The predicted octanol–water partition coefficient (Wildman–Crippen LogP) is 7.37. The van der Waals surface area contributed by atoms with Crippen molar-refractivity contribution in [1.82, 2.24) is 0 Å². The Bertz CT molecular complexity index is 908. The summed E-state index contributed by atoms with van der Waals surface area (Å²) in [5.41, 5.74) is 5.16. The topological polar surface area (TPSA) is 41.5 Å². The monoisotopic (exact) mass is 429 g/mol. The molecule has 3 rings (SSSR count). The minimum atomic E-state index is 0. The smallest absolute Gasteiger partial charge is 0.237 e. The molecule has 0 aliphatic carbocycles. The molecular weight excluding hydrogens is 402 g/mol. The molecule has 6 heteroatoms. The van der Waals surface area contributed by atoms with Gasteiger partial charge in [-0.3, -0.25) is 4.79 Å². The van der Waals surface area contributed by atoms with Gasteiger partial charge in [-0.2, -0.15) is 0 Å². The molecule has 2 aromatic carbocycles. The molecule has 0 atom stereocenters. The lowest BCUT2D eigenvalue weighted by Crippen LogP contribution is -2.18. The maximum atomic E-state index is 11.0. The Morgan fingerprint density at radius 2 is 1.83 bits per heavy atom. The van der Waals surface area contributed by atoms with Gasteiger partial charge < -0.3 is 5.32 Å². The summed E-state index contributed by atoms with van der Waals surface area (Å²) in [5, 5.41) is 4.31. The third kappa shape index (κ3) is 6.76. The van der Waals surface area contributed by atoms with E-state index < -0.39 is 0 Å². The highest BCUT2D eigenvalue weighted by atomic mass is 35.5. The van der Waals surface area contributed by atoms with Gasteiger partial charge in [0.15, 0.2) is 0 Å². The molecule has 0 amide bonds. The average molecular weight is 430 g/mol. The van der Waals surface area contributed by atoms with Crippen molar-refractivity contribution >= 4 is 53.9 Å². The second-order valence-corrected chi connectivity index (χ2v) is 7.42. The highest BCUT2D eigenvalue weighted by Gasteiger charge is 2.22. The average Bonchev–Trinajstić information content (AvgIpc) is 3.07. The maximum Gasteiger partial charge on any atom is 0.237 e. The lowest BCUT2D eigenvalue weighted by Gasteiger charge is -2.09. The van der Waals surface area contributed by atoms with Crippen molar-refractivity contribution in [3.05, 3.63) is 69.1 Å². The maximum absolute atomic E-state index is 11.0. The number of aldehydes is 1. The number of hydrogen-bond acceptors (Lipinski definition) is 3. The van der Waals surface area contributed by atoms with Gasteiger partial charge in [-0.15, -0.1) is 0 Å². The van der Waals surface area contributed by atoms with E-state index in [4.69, 9.17) is 28.2 Å². The number of halogens is 2. The summed E-state index contributed by atoms with van der Waals surface area (Å²) in [6.45, 7) is 8.35. The summed E-state index contributed by atoms with van der Waals surface area (Å²) in [4.78, 5) is 15.7. The van der Waals surface area contributed by atoms with Gasteiger partial charge >= 0.3 is 0 Å². The van der Waals surface area contributed by atoms with Crippen LogP contribution >= 0.6 is 23.2 Å². The van der Waals surface area contributed by atoms with Gasteiger partial charge in [0.05, 0.1) is 21.5 Å². The first-order valence-corrected chi connectivity index (χ1v) is 10.2. The molecule has 1 aliphatic rings. The number of amidine groups is 1. The second kappa shape index (κ2) is 11.8. The van der Waals surface area contributed by atoms with Crippen molar-refractivity contribution < 1.29 is 4.79 Å². The summed E-state index contributed by atoms with van der Waals surface area (Å²) in [5.74, 6) is 0.493. The number of nitrogens with zero attached hydrogens (tertiary/aromatic N) is 1. The molecule has 3 nitrogen and oxygen atoms in total. The van der Waals surface area contributed by atoms with Crippen molar-refractivity contribution in [2.24, 2.45) is 10.9 Å². The third-order valence-electron chi connectivity index (χ3n) is 3.96. The molecule has 1 N–H and O–H groups in total. The minimum absolute atomic E-state index is 0. The van der Waals surface area contributed by atoms with Crippen LogP contribution in [0, 0.1) is 5.92 Å². The summed E-state index contributed by atoms with van der Waals surface area (Å²) >= 11 is 12.2. The number of benzene rings is 2. The van der Waals surface area contributed by atoms with E-state index >= 15 is 0 Å². The van der Waals surface area contributed by atoms with Gasteiger partial charge in [-0.1, -0.05) is 82.0 Å². The van der Waals surface area contributed by atoms with Gasteiger partial charge in [0, 0.05) is 16.8 Å². The van der Waals surface area contributed by atoms with Crippen LogP contribution in [-0.4, -0.2) is 19.3 Å². The Hall–Kier alpha value is -2.04. The molecule has 2 aromatic rings. The van der Waals surface area contributed by atoms with Crippen LogP contribution in [0.1, 0.15) is 57.5 Å². The lowest BCUT2D eigenvalue weighted by molar-refractivity contribution is 0.112. The summed E-state index contributed by atoms with van der Waals surface area (Å²) < 4.78 is 0. The summed E-state index contributed by atoms with van der Waals surface area (Å²) in [6, 6.07) is 12.9. The van der Waals surface area contributed by atoms with E-state index in [1.807, 2.05) is 45.4 Å². The van der Waals surface area contributed by atoms with Crippen molar-refractivity contribution in [2.45, 2.75) is 41.5 Å². The fourth-order valence-corrected chi connectivity index (χ4v) is 3.15. The first-order valence-electron chi connectivity index (χ1n) is 9.40. The number of carbonyl (C=O) groups excluding carboxylic acids is 1. The molecule has 1 radical (unpaired) electrons. The molecule has 0 saturated heterocycles. The molecule has 0 fully saturated rings. The van der Waals surface area contributed by atoms with Gasteiger partial charge in [0.25, 0.3) is 0 Å². The molecule has 1 aliphatic heterocycles. The predicted molar refractivity (Wildman–Crippen MR) is 130 cm³/mol. The number of hydrogen-bond donors (Lipinski definition) is 1. The first-order chi connectivity index (χ1) is 13.5. The Labute approximate surface area is 185 Å². The van der Waals surface area contributed by atoms with Crippen LogP contribution in [0.25, 0.3) is 5.70 Å². The highest BCUT2D eigenvalue weighted by molar-refractivity contribution is 6.85. The molecule has 29 heavy (non-hydrogen) atoms. The summed E-state index contributed by atoms with van der Waals surface area (Å²) in [7, 11) is 2.05. The van der Waals surface area contributed by atoms with Crippen molar-refractivity contribution in [2.75, 3.05) is 5.32 Å². The number of rotatable bonds is 5. The van der Waals surface area contributed by atoms with E-state index in [0.29, 0.717) is 21.5 Å². The number of carbonyl (C=O) groups is 1. The van der Waals surface area contributed by atoms with E-state index in [2.05, 4.69) is 19.2 Å². The largest absolute Gasteiger partial charge is 0.352 e. The lowest BCUT2D eigenvalue weighted by atomic mass is 9.66. The molecular formula is C23H28BCl2N2O. The van der Waals surface area contributed by atoms with Crippen molar-refractivity contribution in [3.8, 4) is 0 Å². The molecule has 0 saturated carbocycles. The second-order valence-electron chi connectivity index (χ2n) is 6.61. The Kier molecular flexibility index (Phi) is 10.2. The molecule has 0 aromatic heterocycles. The van der Waals surface area contributed by atoms with E-state index in [-0.39, 0.29) is 7.43 Å². The van der Waals surface area contributed by atoms with Gasteiger partial charge in [-0.05, 0) is 36.6 Å². The van der Waals surface area contributed by atoms with Gasteiger partial charge in [0.2, 0.25) is 7.28 Å². The number of anilines is 1. The number of nitrogens with one attached hydrogen (secondary N) is 1. The Balaban J connectivity index is 0.00000136. The molecule has 0 unspecified atom stereocenters. The molecule has 0 bridgehead atoms. The Morgan fingerprint density at radius 3 is 2.45 bits per heavy atom. The molecule has 0 spiro atoms. The molecule has 153 valence electrons. The van der Waals surface area contributed by atoms with E-state index in [0.717, 1.165) is 40.9 Å². The van der Waals surface area contributed by atoms with Crippen LogP contribution in [-0.2, 0) is 0 Å². The first kappa shape index (κ1) is 25.0. The fourth-order valence-electron chi connectivity index (χ4n) is 2.85. The van der Waals surface area contributed by atoms with E-state index in [1.54, 1.807) is 18.2 Å². The zero-order chi connectivity index (χ0) is 20.7. The standard InChI is InChI=1S/C20H18BCl2N2O.C2H6.CH4/c1-12(2)8-16-19(14-6-7-17(22)18(23)10-14)25-20(21-16)24-15-5-3-4-13(9-15)11-26;1-2;/h3-7,9-12H,8H2,1-2H3,(H,24,25);1-2H3;1H4. The van der Waals surface area contributed by atoms with E-state index in [9.17, 15) is 4.79 Å². The minimum Gasteiger partial charge on any atom is -0.352 e. The van der Waals surface area contributed by atoms with Crippen molar-refractivity contribution in [1.29, 1.82) is 0 Å². The normalized spacial score (nSPS) is 12.4. The van der Waals surface area contributed by atoms with Gasteiger partial charge in [-0.25, -0.2) is 4.99 Å². The highest BCUT2D eigenvalue weighted by Crippen LogP contribution is 2.32. The summed E-state index contributed by atoms with van der Waals surface area (Å²) in [6.07, 6.45) is 1.73. The Morgan fingerprint density at radius 1 is 1.10 bits per heavy atom. The molecule has 1 heterocycles. The van der Waals surface area contributed by atoms with Crippen LogP contribution < -0.4 is 5.32 Å². The zero-order valence-corrected chi connectivity index (χ0v) is 18.1. The fraction of sp³-hybridized carbons (Fsp3) is 0.304. The third-order valence-corrected chi connectivity index (χ3v) is 4.70. The number of allylic oxidation sites excluding steroid dienone is 1. The van der Waals surface area contributed by atoms with Crippen LogP contribution in [0.5, 0.6) is 0 Å². The van der Waals surface area contributed by atoms with Crippen LogP contribution in [0.3, 0.4) is 0 Å². The van der Waals surface area contributed by atoms with Crippen molar-refractivity contribution in [3.63, 3.8) is 0 Å². The zero-order valence-electron chi connectivity index (χ0n) is 16.6. The van der Waals surface area contributed by atoms with Crippen LogP contribution in [0.2, 0.25) is 10.0 Å². The van der Waals surface area contributed by atoms with Gasteiger partial charge in [0.1, 0.15) is 6.29 Å². The van der Waals surface area contributed by atoms with E-state index in [1.165, 1.54) is 0 Å². The number of aliphatic imine (C=N–C) groups is 1. The van der Waals surface area contributed by atoms with Crippen LogP contribution in [0.15, 0.2) is 52.9 Å².